The predicted octanol–water partition coefficient (Wildman–Crippen LogP) is 2.13. The summed E-state index contributed by atoms with van der Waals surface area (Å²) in [5, 5.41) is 12.0. The Morgan fingerprint density at radius 1 is 1.10 bits per heavy atom. The highest BCUT2D eigenvalue weighted by Gasteiger charge is 2.63. The monoisotopic (exact) mass is 406 g/mol. The first-order valence-electron chi connectivity index (χ1n) is 9.77. The summed E-state index contributed by atoms with van der Waals surface area (Å²) < 4.78 is 10.8. The van der Waals surface area contributed by atoms with E-state index in [-0.39, 0.29) is 11.8 Å². The number of aliphatic hydroxyl groups is 1. The van der Waals surface area contributed by atoms with E-state index in [0.29, 0.717) is 34.7 Å². The van der Waals surface area contributed by atoms with Gasteiger partial charge in [-0.15, -0.1) is 0 Å². The standard InChI is InChI=1S/C23H22N2O5/c1-12-16-11-19(30-4)18(29-3)9-14(16)10-20-23(28)17-8-6-5-7-15(17)22(27)25(23)13(2)21(26)24(12)20/h5-9,11,13,20,28H,1,10H2,2-4H3/t13-,20+,23-/m1/s1. The van der Waals surface area contributed by atoms with Crippen LogP contribution in [0.4, 0.5) is 0 Å². The summed E-state index contributed by atoms with van der Waals surface area (Å²) >= 11 is 0. The first-order chi connectivity index (χ1) is 14.3. The number of ether oxygens (including phenoxy) is 2. The highest BCUT2D eigenvalue weighted by atomic mass is 16.5. The van der Waals surface area contributed by atoms with Crippen molar-refractivity contribution >= 4 is 17.5 Å². The second kappa shape index (κ2) is 6.09. The molecule has 0 spiro atoms. The average Bonchev–Trinajstić information content (AvgIpc) is 2.99. The maximum absolute atomic E-state index is 13.3. The molecular formula is C23H22N2O5. The van der Waals surface area contributed by atoms with Crippen LogP contribution in [-0.2, 0) is 16.9 Å². The van der Waals surface area contributed by atoms with Crippen molar-refractivity contribution in [2.24, 2.45) is 0 Å². The van der Waals surface area contributed by atoms with E-state index in [2.05, 4.69) is 6.58 Å². The van der Waals surface area contributed by atoms with Crippen LogP contribution in [-0.4, -0.2) is 53.0 Å². The average molecular weight is 406 g/mol. The molecule has 1 fully saturated rings. The fraction of sp³-hybridized carbons (Fsp3) is 0.304. The number of piperazine rings is 1. The number of rotatable bonds is 2. The number of methoxy groups -OCH3 is 2. The molecule has 3 atom stereocenters. The van der Waals surface area contributed by atoms with Gasteiger partial charge in [-0.3, -0.25) is 14.5 Å². The van der Waals surface area contributed by atoms with Gasteiger partial charge < -0.3 is 19.5 Å². The molecule has 3 aliphatic rings. The van der Waals surface area contributed by atoms with Gasteiger partial charge in [-0.05, 0) is 37.1 Å². The zero-order chi connectivity index (χ0) is 21.4. The quantitative estimate of drug-likeness (QED) is 0.827. The lowest BCUT2D eigenvalue weighted by Crippen LogP contribution is -2.70. The van der Waals surface area contributed by atoms with E-state index in [1.165, 1.54) is 4.90 Å². The zero-order valence-corrected chi connectivity index (χ0v) is 17.0. The molecule has 154 valence electrons. The van der Waals surface area contributed by atoms with Crippen LogP contribution >= 0.6 is 0 Å². The van der Waals surface area contributed by atoms with E-state index in [1.54, 1.807) is 56.4 Å². The van der Waals surface area contributed by atoms with Crippen LogP contribution in [0, 0.1) is 0 Å². The Balaban J connectivity index is 1.73. The molecule has 0 unspecified atom stereocenters. The highest BCUT2D eigenvalue weighted by molar-refractivity contribution is 6.05. The molecule has 0 aliphatic carbocycles. The molecule has 2 amide bonds. The second-order valence-corrected chi connectivity index (χ2v) is 7.86. The first-order valence-corrected chi connectivity index (χ1v) is 9.77. The predicted molar refractivity (Wildman–Crippen MR) is 109 cm³/mol. The minimum Gasteiger partial charge on any atom is -0.493 e. The molecule has 30 heavy (non-hydrogen) atoms. The number of hydrogen-bond acceptors (Lipinski definition) is 5. The van der Waals surface area contributed by atoms with Gasteiger partial charge in [0.25, 0.3) is 5.91 Å². The van der Waals surface area contributed by atoms with Crippen molar-refractivity contribution in [2.45, 2.75) is 31.2 Å². The van der Waals surface area contributed by atoms with Crippen LogP contribution in [0.3, 0.4) is 0 Å². The normalized spacial score (nSPS) is 26.7. The lowest BCUT2D eigenvalue weighted by atomic mass is 9.80. The summed E-state index contributed by atoms with van der Waals surface area (Å²) in [4.78, 5) is 29.3. The maximum Gasteiger partial charge on any atom is 0.257 e. The van der Waals surface area contributed by atoms with Gasteiger partial charge in [0.15, 0.2) is 17.2 Å². The molecular weight excluding hydrogens is 384 g/mol. The number of carbonyl (C=O) groups is 2. The Hall–Kier alpha value is -3.32. The lowest BCUT2D eigenvalue weighted by molar-refractivity contribution is -0.189. The minimum atomic E-state index is -1.64. The van der Waals surface area contributed by atoms with Gasteiger partial charge in [0, 0.05) is 22.4 Å². The molecule has 5 rings (SSSR count). The van der Waals surface area contributed by atoms with Crippen molar-refractivity contribution in [3.63, 3.8) is 0 Å². The number of fused-ring (bicyclic) bond motifs is 6. The Morgan fingerprint density at radius 2 is 1.77 bits per heavy atom. The summed E-state index contributed by atoms with van der Waals surface area (Å²) in [5.41, 5.74) is 1.40. The molecule has 0 bridgehead atoms. The fourth-order valence-electron chi connectivity index (χ4n) is 5.11. The van der Waals surface area contributed by atoms with Crippen LogP contribution in [0.2, 0.25) is 0 Å². The highest BCUT2D eigenvalue weighted by Crippen LogP contribution is 2.51. The molecule has 0 radical (unpaired) electrons. The van der Waals surface area contributed by atoms with Crippen LogP contribution in [0.5, 0.6) is 11.5 Å². The molecule has 3 heterocycles. The van der Waals surface area contributed by atoms with E-state index in [1.807, 2.05) is 6.07 Å². The molecule has 7 heteroatoms. The van der Waals surface area contributed by atoms with Crippen LogP contribution in [0.1, 0.15) is 34.0 Å². The van der Waals surface area contributed by atoms with E-state index in [9.17, 15) is 14.7 Å². The molecule has 0 saturated carbocycles. The zero-order valence-electron chi connectivity index (χ0n) is 17.0. The maximum atomic E-state index is 13.3. The third kappa shape index (κ3) is 2.07. The Labute approximate surface area is 174 Å². The third-order valence-electron chi connectivity index (χ3n) is 6.52. The van der Waals surface area contributed by atoms with Gasteiger partial charge in [0.1, 0.15) is 6.04 Å². The second-order valence-electron chi connectivity index (χ2n) is 7.86. The third-order valence-corrected chi connectivity index (χ3v) is 6.52. The SMILES string of the molecule is C=C1c2cc(OC)c(OC)cc2C[C@@H]2N1C(=O)[C@@H](C)N1C(=O)c3ccccc3[C@@]21O. The van der Waals surface area contributed by atoms with Crippen LogP contribution in [0.25, 0.3) is 5.70 Å². The largest absolute Gasteiger partial charge is 0.493 e. The van der Waals surface area contributed by atoms with Crippen molar-refractivity contribution in [1.82, 2.24) is 9.80 Å². The van der Waals surface area contributed by atoms with Crippen LogP contribution < -0.4 is 9.47 Å². The van der Waals surface area contributed by atoms with Gasteiger partial charge in [0.05, 0.1) is 20.3 Å². The Bertz CT molecular complexity index is 1130. The van der Waals surface area contributed by atoms with Crippen molar-refractivity contribution in [3.05, 3.63) is 65.2 Å². The van der Waals surface area contributed by atoms with Crippen molar-refractivity contribution in [3.8, 4) is 11.5 Å². The van der Waals surface area contributed by atoms with Gasteiger partial charge in [0.2, 0.25) is 5.91 Å². The fourth-order valence-corrected chi connectivity index (χ4v) is 5.11. The summed E-state index contributed by atoms with van der Waals surface area (Å²) in [5.74, 6) is 0.489. The Morgan fingerprint density at radius 3 is 2.47 bits per heavy atom. The lowest BCUT2D eigenvalue weighted by Gasteiger charge is -2.54. The summed E-state index contributed by atoms with van der Waals surface area (Å²) in [6, 6.07) is 9.10. The van der Waals surface area contributed by atoms with Gasteiger partial charge in [-0.2, -0.15) is 0 Å². The number of nitrogens with zero attached hydrogens (tertiary/aromatic N) is 2. The van der Waals surface area contributed by atoms with E-state index < -0.39 is 17.8 Å². The first kappa shape index (κ1) is 18.7. The molecule has 0 aromatic heterocycles. The van der Waals surface area contributed by atoms with Crippen molar-refractivity contribution in [1.29, 1.82) is 0 Å². The van der Waals surface area contributed by atoms with Crippen molar-refractivity contribution < 1.29 is 24.2 Å². The van der Waals surface area contributed by atoms with Gasteiger partial charge in [-0.1, -0.05) is 24.8 Å². The number of benzene rings is 2. The van der Waals surface area contributed by atoms with Gasteiger partial charge in [-0.25, -0.2) is 0 Å². The molecule has 3 aliphatic heterocycles. The smallest absolute Gasteiger partial charge is 0.257 e. The van der Waals surface area contributed by atoms with Gasteiger partial charge >= 0.3 is 0 Å². The Kier molecular flexibility index (Phi) is 3.79. The molecule has 1 saturated heterocycles. The molecule has 7 nitrogen and oxygen atoms in total. The van der Waals surface area contributed by atoms with Crippen molar-refractivity contribution in [2.75, 3.05) is 14.2 Å². The summed E-state index contributed by atoms with van der Waals surface area (Å²) in [6.45, 7) is 5.81. The number of hydrogen-bond donors (Lipinski definition) is 1. The molecule has 2 aromatic rings. The van der Waals surface area contributed by atoms with E-state index in [0.717, 1.165) is 11.1 Å². The summed E-state index contributed by atoms with van der Waals surface area (Å²) in [7, 11) is 3.11. The number of amides is 2. The molecule has 2 aromatic carbocycles. The van der Waals surface area contributed by atoms with Crippen LogP contribution in [0.15, 0.2) is 43.0 Å². The van der Waals surface area contributed by atoms with E-state index >= 15 is 0 Å². The summed E-state index contributed by atoms with van der Waals surface area (Å²) in [6.07, 6.45) is 0.335. The molecule has 1 N–H and O–H groups in total. The van der Waals surface area contributed by atoms with E-state index in [4.69, 9.17) is 9.47 Å². The topological polar surface area (TPSA) is 79.3 Å². The minimum absolute atomic E-state index is 0.267. The number of carbonyl (C=O) groups excluding carboxylic acids is 2.